The van der Waals surface area contributed by atoms with E-state index in [9.17, 15) is 0 Å². The molecule has 2 heterocycles. The molecule has 0 saturated carbocycles. The Morgan fingerprint density at radius 2 is 1.72 bits per heavy atom. The molecule has 0 spiro atoms. The summed E-state index contributed by atoms with van der Waals surface area (Å²) in [5.41, 5.74) is 8.94. The van der Waals surface area contributed by atoms with Crippen LogP contribution in [0.15, 0.2) is 42.7 Å². The van der Waals surface area contributed by atoms with Crippen LogP contribution in [0.25, 0.3) is 22.3 Å². The van der Waals surface area contributed by atoms with Gasteiger partial charge in [0.1, 0.15) is 11.8 Å². The molecular formula is C13H9ClN4. The Balaban J connectivity index is 2.18. The van der Waals surface area contributed by atoms with Crippen molar-refractivity contribution in [2.24, 2.45) is 0 Å². The van der Waals surface area contributed by atoms with E-state index < -0.39 is 0 Å². The molecule has 0 amide bonds. The van der Waals surface area contributed by atoms with Gasteiger partial charge in [-0.1, -0.05) is 23.7 Å². The van der Waals surface area contributed by atoms with E-state index in [0.717, 1.165) is 16.8 Å². The molecule has 0 aliphatic rings. The average molecular weight is 257 g/mol. The molecule has 0 unspecified atom stereocenters. The molecule has 0 radical (unpaired) electrons. The lowest BCUT2D eigenvalue weighted by molar-refractivity contribution is 1.21. The van der Waals surface area contributed by atoms with Crippen LogP contribution in [0.3, 0.4) is 0 Å². The van der Waals surface area contributed by atoms with Crippen LogP contribution in [0.5, 0.6) is 0 Å². The maximum absolute atomic E-state index is 5.86. The van der Waals surface area contributed by atoms with Crippen molar-refractivity contribution in [3.8, 4) is 11.3 Å². The van der Waals surface area contributed by atoms with Gasteiger partial charge in [-0.15, -0.1) is 0 Å². The zero-order valence-corrected chi connectivity index (χ0v) is 10.1. The number of pyridine rings is 1. The Labute approximate surface area is 108 Å². The average Bonchev–Trinajstić information content (AvgIpc) is 2.40. The molecule has 0 aliphatic heterocycles. The number of rotatable bonds is 1. The Bertz CT molecular complexity index is 710. The highest BCUT2D eigenvalue weighted by molar-refractivity contribution is 6.30. The molecule has 88 valence electrons. The van der Waals surface area contributed by atoms with Crippen LogP contribution >= 0.6 is 11.6 Å². The minimum atomic E-state index is 0.385. The van der Waals surface area contributed by atoms with E-state index in [1.807, 2.05) is 36.4 Å². The monoisotopic (exact) mass is 256 g/mol. The molecule has 0 saturated heterocycles. The van der Waals surface area contributed by atoms with Crippen molar-refractivity contribution in [2.45, 2.75) is 0 Å². The van der Waals surface area contributed by atoms with Crippen molar-refractivity contribution in [3.63, 3.8) is 0 Å². The van der Waals surface area contributed by atoms with Crippen molar-refractivity contribution in [1.82, 2.24) is 15.0 Å². The molecule has 3 rings (SSSR count). The topological polar surface area (TPSA) is 64.7 Å². The maximum atomic E-state index is 5.86. The maximum Gasteiger partial charge on any atom is 0.153 e. The molecule has 0 aliphatic carbocycles. The number of hydrogen-bond donors (Lipinski definition) is 1. The molecular weight excluding hydrogens is 248 g/mol. The molecule has 3 aromatic rings. The summed E-state index contributed by atoms with van der Waals surface area (Å²) in [5, 5.41) is 0.697. The van der Waals surface area contributed by atoms with Gasteiger partial charge in [0, 0.05) is 10.6 Å². The standard InChI is InChI=1S/C13H9ClN4/c14-9-3-1-8(2-4-9)10-5-6-11-12(18-10)13(15)17-7-16-11/h1-7H,(H2,15,16,17). The second-order valence-electron chi connectivity index (χ2n) is 3.83. The van der Waals surface area contributed by atoms with Crippen molar-refractivity contribution in [2.75, 3.05) is 5.73 Å². The van der Waals surface area contributed by atoms with E-state index in [1.165, 1.54) is 6.33 Å². The summed E-state index contributed by atoms with van der Waals surface area (Å²) in [4.78, 5) is 12.5. The number of aromatic nitrogens is 3. The second-order valence-corrected chi connectivity index (χ2v) is 4.27. The molecule has 0 atom stereocenters. The van der Waals surface area contributed by atoms with Gasteiger partial charge in [0.25, 0.3) is 0 Å². The molecule has 5 heteroatoms. The lowest BCUT2D eigenvalue weighted by Gasteiger charge is -2.04. The van der Waals surface area contributed by atoms with E-state index in [-0.39, 0.29) is 0 Å². The van der Waals surface area contributed by atoms with Crippen LogP contribution < -0.4 is 5.73 Å². The Hall–Kier alpha value is -2.20. The summed E-state index contributed by atoms with van der Waals surface area (Å²) in [6.45, 7) is 0. The highest BCUT2D eigenvalue weighted by Gasteiger charge is 2.05. The van der Waals surface area contributed by atoms with Gasteiger partial charge in [0.2, 0.25) is 0 Å². The number of nitrogens with zero attached hydrogens (tertiary/aromatic N) is 3. The molecule has 2 aromatic heterocycles. The van der Waals surface area contributed by atoms with E-state index in [0.29, 0.717) is 16.4 Å². The predicted molar refractivity (Wildman–Crippen MR) is 72.2 cm³/mol. The van der Waals surface area contributed by atoms with Crippen LogP contribution in [-0.4, -0.2) is 15.0 Å². The Morgan fingerprint density at radius 3 is 2.50 bits per heavy atom. The fourth-order valence-electron chi connectivity index (χ4n) is 1.74. The first kappa shape index (κ1) is 10.9. The summed E-state index contributed by atoms with van der Waals surface area (Å²) in [5.74, 6) is 0.385. The lowest BCUT2D eigenvalue weighted by Crippen LogP contribution is -1.96. The molecule has 1 aromatic carbocycles. The van der Waals surface area contributed by atoms with Gasteiger partial charge in [-0.05, 0) is 24.3 Å². The van der Waals surface area contributed by atoms with Crippen LogP contribution in [0, 0.1) is 0 Å². The normalized spacial score (nSPS) is 10.7. The number of nitrogens with two attached hydrogens (primary N) is 1. The van der Waals surface area contributed by atoms with Crippen LogP contribution in [0.4, 0.5) is 5.82 Å². The van der Waals surface area contributed by atoms with E-state index >= 15 is 0 Å². The van der Waals surface area contributed by atoms with Gasteiger partial charge in [-0.25, -0.2) is 15.0 Å². The fourth-order valence-corrected chi connectivity index (χ4v) is 1.87. The van der Waals surface area contributed by atoms with Crippen LogP contribution in [0.2, 0.25) is 5.02 Å². The first-order valence-electron chi connectivity index (χ1n) is 5.37. The first-order valence-corrected chi connectivity index (χ1v) is 5.75. The van der Waals surface area contributed by atoms with E-state index in [1.54, 1.807) is 0 Å². The molecule has 4 nitrogen and oxygen atoms in total. The Kier molecular flexibility index (Phi) is 2.57. The molecule has 0 fully saturated rings. The largest absolute Gasteiger partial charge is 0.382 e. The van der Waals surface area contributed by atoms with Gasteiger partial charge in [0.15, 0.2) is 5.82 Å². The molecule has 18 heavy (non-hydrogen) atoms. The summed E-state index contributed by atoms with van der Waals surface area (Å²) in [6.07, 6.45) is 1.43. The molecule has 2 N–H and O–H groups in total. The zero-order valence-electron chi connectivity index (χ0n) is 9.34. The van der Waals surface area contributed by atoms with Crippen molar-refractivity contribution in [3.05, 3.63) is 47.7 Å². The SMILES string of the molecule is Nc1ncnc2ccc(-c3ccc(Cl)cc3)nc12. The van der Waals surface area contributed by atoms with Gasteiger partial charge in [-0.3, -0.25) is 0 Å². The number of nitrogen functional groups attached to an aromatic ring is 1. The van der Waals surface area contributed by atoms with Gasteiger partial charge >= 0.3 is 0 Å². The highest BCUT2D eigenvalue weighted by atomic mass is 35.5. The summed E-state index contributed by atoms with van der Waals surface area (Å²) >= 11 is 5.86. The van der Waals surface area contributed by atoms with Crippen LogP contribution in [0.1, 0.15) is 0 Å². The van der Waals surface area contributed by atoms with E-state index in [2.05, 4.69) is 15.0 Å². The van der Waals surface area contributed by atoms with Gasteiger partial charge < -0.3 is 5.73 Å². The number of benzene rings is 1. The number of anilines is 1. The zero-order chi connectivity index (χ0) is 12.5. The molecule has 0 bridgehead atoms. The second kappa shape index (κ2) is 4.23. The fraction of sp³-hybridized carbons (Fsp3) is 0. The third kappa shape index (κ3) is 1.87. The highest BCUT2D eigenvalue weighted by Crippen LogP contribution is 2.23. The third-order valence-electron chi connectivity index (χ3n) is 2.65. The van der Waals surface area contributed by atoms with Gasteiger partial charge in [0.05, 0.1) is 11.2 Å². The van der Waals surface area contributed by atoms with Crippen molar-refractivity contribution in [1.29, 1.82) is 0 Å². The Morgan fingerprint density at radius 1 is 0.944 bits per heavy atom. The summed E-state index contributed by atoms with van der Waals surface area (Å²) in [7, 11) is 0. The number of hydrogen-bond acceptors (Lipinski definition) is 4. The van der Waals surface area contributed by atoms with Crippen molar-refractivity contribution < 1.29 is 0 Å². The smallest absolute Gasteiger partial charge is 0.153 e. The predicted octanol–water partition coefficient (Wildman–Crippen LogP) is 2.93. The summed E-state index contributed by atoms with van der Waals surface area (Å²) < 4.78 is 0. The minimum absolute atomic E-state index is 0.385. The third-order valence-corrected chi connectivity index (χ3v) is 2.90. The quantitative estimate of drug-likeness (QED) is 0.727. The first-order chi connectivity index (χ1) is 8.74. The lowest BCUT2D eigenvalue weighted by atomic mass is 10.1. The van der Waals surface area contributed by atoms with Crippen molar-refractivity contribution >= 4 is 28.5 Å². The van der Waals surface area contributed by atoms with Crippen LogP contribution in [-0.2, 0) is 0 Å². The van der Waals surface area contributed by atoms with E-state index in [4.69, 9.17) is 17.3 Å². The number of fused-ring (bicyclic) bond motifs is 1. The summed E-state index contributed by atoms with van der Waals surface area (Å²) in [6, 6.07) is 11.3. The minimum Gasteiger partial charge on any atom is -0.382 e. The van der Waals surface area contributed by atoms with Gasteiger partial charge in [-0.2, -0.15) is 0 Å². The number of halogens is 1.